The van der Waals surface area contributed by atoms with Gasteiger partial charge in [0.15, 0.2) is 0 Å². The number of nitrogens with zero attached hydrogens (tertiary/aromatic N) is 4. The minimum atomic E-state index is -0.563. The van der Waals surface area contributed by atoms with Crippen LogP contribution < -0.4 is 10.6 Å². The van der Waals surface area contributed by atoms with Crippen LogP contribution in [0.15, 0.2) is 24.3 Å². The summed E-state index contributed by atoms with van der Waals surface area (Å²) in [6.07, 6.45) is 21.3. The summed E-state index contributed by atoms with van der Waals surface area (Å²) in [6, 6.07) is 0. The zero-order valence-corrected chi connectivity index (χ0v) is 40.7. The molecule has 1 atom stereocenters. The lowest BCUT2D eigenvalue weighted by atomic mass is 9.81. The second-order valence-corrected chi connectivity index (χ2v) is 20.2. The van der Waals surface area contributed by atoms with Crippen molar-refractivity contribution in [3.63, 3.8) is 0 Å². The van der Waals surface area contributed by atoms with Crippen LogP contribution in [-0.4, -0.2) is 130 Å². The molecule has 4 aliphatic heterocycles. The summed E-state index contributed by atoms with van der Waals surface area (Å²) in [6.45, 7) is 3.60. The number of unbranched alkanes of at least 4 members (excludes halogenated alkanes) is 4. The molecule has 374 valence electrons. The Kier molecular flexibility index (Phi) is 21.0. The van der Waals surface area contributed by atoms with Gasteiger partial charge in [-0.25, -0.2) is 4.79 Å². The van der Waals surface area contributed by atoms with E-state index in [-0.39, 0.29) is 89.0 Å². The summed E-state index contributed by atoms with van der Waals surface area (Å²) < 4.78 is 0. The Bertz CT molecular complexity index is 1900. The number of imide groups is 4. The average molecular weight is 967 g/mol. The first-order valence-corrected chi connectivity index (χ1v) is 25.7. The Labute approximate surface area is 403 Å². The van der Waals surface area contributed by atoms with Crippen LogP contribution in [0.5, 0.6) is 0 Å². The van der Waals surface area contributed by atoms with E-state index in [1.54, 1.807) is 25.9 Å². The molecule has 2 N–H and O–H groups in total. The Morgan fingerprint density at radius 2 is 0.941 bits per heavy atom. The van der Waals surface area contributed by atoms with Gasteiger partial charge >= 0.3 is 5.97 Å². The van der Waals surface area contributed by atoms with Gasteiger partial charge in [0.2, 0.25) is 23.6 Å². The molecule has 0 radical (unpaired) electrons. The molecule has 7 rings (SSSR count). The van der Waals surface area contributed by atoms with Crippen molar-refractivity contribution >= 4 is 76.8 Å². The van der Waals surface area contributed by atoms with Crippen molar-refractivity contribution in [2.75, 3.05) is 39.5 Å². The monoisotopic (exact) mass is 966 g/mol. The largest absolute Gasteiger partial charge is 0.359 e. The summed E-state index contributed by atoms with van der Waals surface area (Å²) in [5, 5.41) is 5.79. The smallest absolute Gasteiger partial charge is 0.336 e. The molecule has 5 fully saturated rings. The molecular formula is C49H70N6O12S. The van der Waals surface area contributed by atoms with E-state index < -0.39 is 17.8 Å². The molecule has 7 aliphatic rings. The molecule has 1 unspecified atom stereocenters. The van der Waals surface area contributed by atoms with E-state index >= 15 is 0 Å². The molecule has 0 aromatic carbocycles. The van der Waals surface area contributed by atoms with Crippen molar-refractivity contribution in [3.05, 3.63) is 24.3 Å². The van der Waals surface area contributed by atoms with E-state index in [2.05, 4.69) is 17.6 Å². The number of hydroxylamine groups is 2. The minimum absolute atomic E-state index is 0.00749. The highest BCUT2D eigenvalue weighted by Crippen LogP contribution is 2.34. The van der Waals surface area contributed by atoms with E-state index in [4.69, 9.17) is 4.84 Å². The van der Waals surface area contributed by atoms with Crippen LogP contribution in [0.3, 0.4) is 0 Å². The predicted octanol–water partition coefficient (Wildman–Crippen LogP) is 4.16. The highest BCUT2D eigenvalue weighted by molar-refractivity contribution is 8.00. The maximum Gasteiger partial charge on any atom is 0.336 e. The molecule has 0 bridgehead atoms. The fraction of sp³-hybridized carbons (Fsp3) is 0.694. The number of thioether (sulfide) groups is 1. The number of rotatable bonds is 17. The molecule has 3 aliphatic carbocycles. The van der Waals surface area contributed by atoms with Crippen LogP contribution in [0.4, 0.5) is 0 Å². The number of hydrogen-bond donors (Lipinski definition) is 2. The highest BCUT2D eigenvalue weighted by Gasteiger charge is 2.41. The van der Waals surface area contributed by atoms with Gasteiger partial charge in [0, 0.05) is 89.1 Å². The van der Waals surface area contributed by atoms with Crippen molar-refractivity contribution in [2.45, 2.75) is 141 Å². The van der Waals surface area contributed by atoms with Crippen molar-refractivity contribution < 1.29 is 57.6 Å². The number of likely N-dealkylation sites (tertiary alicyclic amines) is 1. The van der Waals surface area contributed by atoms with Crippen molar-refractivity contribution in [3.8, 4) is 0 Å². The second kappa shape index (κ2) is 26.5. The lowest BCUT2D eigenvalue weighted by molar-refractivity contribution is -0.201. The van der Waals surface area contributed by atoms with E-state index in [0.29, 0.717) is 68.6 Å². The van der Waals surface area contributed by atoms with Gasteiger partial charge < -0.3 is 15.5 Å². The summed E-state index contributed by atoms with van der Waals surface area (Å²) >= 11 is 1.66. The average Bonchev–Trinajstić information content (AvgIpc) is 4.04. The number of carbonyl (C=O) groups excluding carboxylic acids is 11. The third kappa shape index (κ3) is 15.1. The Balaban J connectivity index is 0.000000194. The van der Waals surface area contributed by atoms with Crippen molar-refractivity contribution in [1.82, 2.24) is 30.4 Å². The van der Waals surface area contributed by atoms with Gasteiger partial charge in [-0.3, -0.25) is 62.6 Å². The summed E-state index contributed by atoms with van der Waals surface area (Å²) in [7, 11) is 3.33. The number of hydrogen-bond acceptors (Lipinski definition) is 13. The van der Waals surface area contributed by atoms with Gasteiger partial charge in [0.25, 0.3) is 35.4 Å². The third-order valence-corrected chi connectivity index (χ3v) is 15.5. The van der Waals surface area contributed by atoms with Gasteiger partial charge in [-0.15, -0.1) is 16.8 Å². The Morgan fingerprint density at radius 3 is 1.35 bits per heavy atom. The summed E-state index contributed by atoms with van der Waals surface area (Å²) in [5.74, 6) is -0.715. The van der Waals surface area contributed by atoms with Crippen LogP contribution in [0.25, 0.3) is 0 Å². The molecular weight excluding hydrogens is 897 g/mol. The standard InChI is InChI=1S/C20H34N2O3S.C16H18N2O6.C13H18N2O3/c1-3-4-5-6-7-12-26-17-13-18(23)22(20(17)25)14-15-8-10-16(11-9-15)19(24)21-2;19-12-5-6-13(20)17(12)9-10-1-3-11(4-2-10)16(23)24-18-14(21)7-8-15(18)22;1-14-13(18)10-4-2-9(3-5-10)8-15-11(16)6-7-12(15)17/h15-17H,3-14H2,1-2H3,(H,21,24);5-6,10-11H,1-4,7-9H2;6-7,9-10H,2-5,8H2,1H3,(H,14,18). The molecule has 0 spiro atoms. The number of nitrogens with one attached hydrogen (secondary N) is 2. The first-order chi connectivity index (χ1) is 32.6. The van der Waals surface area contributed by atoms with Crippen molar-refractivity contribution in [1.29, 1.82) is 0 Å². The van der Waals surface area contributed by atoms with E-state index in [1.807, 2.05) is 0 Å². The van der Waals surface area contributed by atoms with E-state index in [0.717, 1.165) is 63.5 Å². The molecule has 10 amide bonds. The number of carbonyl (C=O) groups is 11. The fourth-order valence-corrected chi connectivity index (χ4v) is 11.1. The Hall–Kier alpha value is -5.20. The maximum atomic E-state index is 12.6. The van der Waals surface area contributed by atoms with Gasteiger partial charge in [-0.1, -0.05) is 32.6 Å². The van der Waals surface area contributed by atoms with Crippen molar-refractivity contribution in [2.24, 2.45) is 35.5 Å². The van der Waals surface area contributed by atoms with E-state index in [9.17, 15) is 52.7 Å². The molecule has 68 heavy (non-hydrogen) atoms. The minimum Gasteiger partial charge on any atom is -0.359 e. The topological polar surface area (TPSA) is 234 Å². The normalized spacial score (nSPS) is 27.1. The van der Waals surface area contributed by atoms with Crippen LogP contribution in [0, 0.1) is 35.5 Å². The fourth-order valence-electron chi connectivity index (χ4n) is 9.93. The quantitative estimate of drug-likeness (QED) is 0.154. The van der Waals surface area contributed by atoms with Gasteiger partial charge in [-0.05, 0) is 107 Å². The van der Waals surface area contributed by atoms with Gasteiger partial charge in [0.1, 0.15) is 0 Å². The lowest BCUT2D eigenvalue weighted by Gasteiger charge is -2.29. The van der Waals surface area contributed by atoms with Crippen LogP contribution in [0.1, 0.15) is 135 Å². The van der Waals surface area contributed by atoms with Gasteiger partial charge in [-0.2, -0.15) is 0 Å². The molecule has 4 heterocycles. The maximum absolute atomic E-state index is 12.6. The number of amides is 10. The van der Waals surface area contributed by atoms with E-state index in [1.165, 1.54) is 64.7 Å². The van der Waals surface area contributed by atoms with Crippen LogP contribution in [-0.2, 0) is 57.6 Å². The lowest BCUT2D eigenvalue weighted by Crippen LogP contribution is -2.38. The molecule has 3 saturated carbocycles. The molecule has 18 nitrogen and oxygen atoms in total. The third-order valence-electron chi connectivity index (χ3n) is 14.2. The molecule has 0 aromatic rings. The highest BCUT2D eigenvalue weighted by atomic mass is 32.2. The summed E-state index contributed by atoms with van der Waals surface area (Å²) in [4.78, 5) is 138. The first-order valence-electron chi connectivity index (χ1n) is 24.7. The SMILES string of the molecule is CCCCCCCSC1CC(=O)N(CC2CCC(C(=O)NC)CC2)C1=O.CNC(=O)C1CCC(CN2C(=O)C=CC2=O)CC1.O=C(ON1C(=O)CCC1=O)C1CCC(CN2C(=O)C=CC2=O)CC1. The molecule has 2 saturated heterocycles. The first kappa shape index (κ1) is 53.8. The summed E-state index contributed by atoms with van der Waals surface area (Å²) in [5.41, 5.74) is 0. The van der Waals surface area contributed by atoms with Crippen LogP contribution >= 0.6 is 11.8 Å². The molecule has 0 aromatic heterocycles. The second-order valence-electron chi connectivity index (χ2n) is 18.9. The molecule has 19 heteroatoms. The zero-order chi connectivity index (χ0) is 49.3. The Morgan fingerprint density at radius 1 is 0.544 bits per heavy atom. The van der Waals surface area contributed by atoms with Gasteiger partial charge in [0.05, 0.1) is 11.2 Å². The van der Waals surface area contributed by atoms with Crippen LogP contribution in [0.2, 0.25) is 0 Å². The zero-order valence-electron chi connectivity index (χ0n) is 39.9. The predicted molar refractivity (Wildman–Crippen MR) is 250 cm³/mol.